The standard InChI is InChI=1S/C26H19F5N2O2/c27-18-5-9-20(10-6-18)32-25(33-21-11-7-19(28)8-12-21)24-22(34)13-16(14-23(24)35)15-1-3-17(4-2-15)26(29,30)31/h1-12,16,32-33H,13-14H2. The molecule has 0 radical (unpaired) electrons. The zero-order valence-corrected chi connectivity index (χ0v) is 18.1. The van der Waals surface area contributed by atoms with Crippen LogP contribution in [0.1, 0.15) is 29.9 Å². The Bertz CT molecular complexity index is 1200. The van der Waals surface area contributed by atoms with Gasteiger partial charge in [-0.2, -0.15) is 13.2 Å². The van der Waals surface area contributed by atoms with Crippen molar-refractivity contribution < 1.29 is 31.5 Å². The fourth-order valence-corrected chi connectivity index (χ4v) is 3.85. The van der Waals surface area contributed by atoms with Gasteiger partial charge in [-0.1, -0.05) is 12.1 Å². The van der Waals surface area contributed by atoms with Crippen LogP contribution in [0.4, 0.5) is 33.3 Å². The van der Waals surface area contributed by atoms with Gasteiger partial charge >= 0.3 is 6.18 Å². The second-order valence-corrected chi connectivity index (χ2v) is 8.09. The minimum Gasteiger partial charge on any atom is -0.341 e. The SMILES string of the molecule is O=C1CC(c2ccc(C(F)(F)F)cc2)CC(=O)C1=C(Nc1ccc(F)cc1)Nc1ccc(F)cc1. The molecule has 4 nitrogen and oxygen atoms in total. The van der Waals surface area contributed by atoms with Crippen LogP contribution in [0.25, 0.3) is 0 Å². The molecule has 1 saturated carbocycles. The maximum Gasteiger partial charge on any atom is 0.416 e. The molecule has 0 spiro atoms. The summed E-state index contributed by atoms with van der Waals surface area (Å²) < 4.78 is 65.2. The second kappa shape index (κ2) is 9.69. The van der Waals surface area contributed by atoms with Gasteiger partial charge in [0, 0.05) is 24.2 Å². The topological polar surface area (TPSA) is 58.2 Å². The van der Waals surface area contributed by atoms with Crippen molar-refractivity contribution in [3.8, 4) is 0 Å². The number of hydrogen-bond acceptors (Lipinski definition) is 4. The van der Waals surface area contributed by atoms with Gasteiger partial charge in [0.15, 0.2) is 11.6 Å². The molecule has 4 rings (SSSR count). The van der Waals surface area contributed by atoms with Crippen LogP contribution in [0, 0.1) is 11.6 Å². The zero-order chi connectivity index (χ0) is 25.2. The summed E-state index contributed by atoms with van der Waals surface area (Å²) >= 11 is 0. The van der Waals surface area contributed by atoms with Crippen LogP contribution in [-0.4, -0.2) is 11.6 Å². The van der Waals surface area contributed by atoms with Crippen LogP contribution in [0.15, 0.2) is 84.2 Å². The highest BCUT2D eigenvalue weighted by Gasteiger charge is 2.35. The summed E-state index contributed by atoms with van der Waals surface area (Å²) in [5.74, 6) is -2.49. The minimum absolute atomic E-state index is 0.0454. The summed E-state index contributed by atoms with van der Waals surface area (Å²) in [6.45, 7) is 0. The number of anilines is 2. The van der Waals surface area contributed by atoms with Gasteiger partial charge in [0.1, 0.15) is 23.0 Å². The minimum atomic E-state index is -4.49. The molecule has 0 amide bonds. The molecular formula is C26H19F5N2O2. The molecular weight excluding hydrogens is 467 g/mol. The predicted molar refractivity (Wildman–Crippen MR) is 121 cm³/mol. The van der Waals surface area contributed by atoms with Gasteiger partial charge in [-0.25, -0.2) is 8.78 Å². The van der Waals surface area contributed by atoms with Gasteiger partial charge in [0.2, 0.25) is 0 Å². The molecule has 0 bridgehead atoms. The summed E-state index contributed by atoms with van der Waals surface area (Å²) in [5, 5.41) is 5.84. The van der Waals surface area contributed by atoms with E-state index in [1.165, 1.54) is 60.7 Å². The first-order valence-electron chi connectivity index (χ1n) is 10.6. The average Bonchev–Trinajstić information content (AvgIpc) is 2.81. The molecule has 0 aromatic heterocycles. The highest BCUT2D eigenvalue weighted by Crippen LogP contribution is 2.35. The first-order chi connectivity index (χ1) is 16.6. The summed E-state index contributed by atoms with van der Waals surface area (Å²) in [7, 11) is 0. The fourth-order valence-electron chi connectivity index (χ4n) is 3.85. The molecule has 35 heavy (non-hydrogen) atoms. The fraction of sp³-hybridized carbons (Fsp3) is 0.154. The largest absolute Gasteiger partial charge is 0.416 e. The summed E-state index contributed by atoms with van der Waals surface area (Å²) in [6.07, 6.45) is -4.67. The maximum absolute atomic E-state index is 13.3. The van der Waals surface area contributed by atoms with Crippen molar-refractivity contribution in [1.29, 1.82) is 0 Å². The van der Waals surface area contributed by atoms with E-state index in [1.54, 1.807) is 0 Å². The van der Waals surface area contributed by atoms with Crippen molar-refractivity contribution in [3.05, 3.63) is 107 Å². The van der Waals surface area contributed by atoms with Crippen LogP contribution in [-0.2, 0) is 15.8 Å². The molecule has 1 aliphatic carbocycles. The van der Waals surface area contributed by atoms with E-state index >= 15 is 0 Å². The van der Waals surface area contributed by atoms with Crippen molar-refractivity contribution in [1.82, 2.24) is 0 Å². The Balaban J connectivity index is 1.64. The molecule has 0 heterocycles. The first-order valence-corrected chi connectivity index (χ1v) is 10.6. The Morgan fingerprint density at radius 3 is 1.51 bits per heavy atom. The first kappa shape index (κ1) is 24.1. The van der Waals surface area contributed by atoms with Crippen LogP contribution in [0.3, 0.4) is 0 Å². The van der Waals surface area contributed by atoms with Gasteiger partial charge in [-0.15, -0.1) is 0 Å². The monoisotopic (exact) mass is 486 g/mol. The quantitative estimate of drug-likeness (QED) is 0.248. The van der Waals surface area contributed by atoms with Gasteiger partial charge < -0.3 is 10.6 Å². The number of carbonyl (C=O) groups excluding carboxylic acids is 2. The van der Waals surface area contributed by atoms with Crippen LogP contribution in [0.5, 0.6) is 0 Å². The van der Waals surface area contributed by atoms with E-state index in [9.17, 15) is 31.5 Å². The normalized spacial score (nSPS) is 16.3. The number of benzene rings is 3. The highest BCUT2D eigenvalue weighted by atomic mass is 19.4. The number of allylic oxidation sites excluding steroid dienone is 1. The van der Waals surface area contributed by atoms with Crippen LogP contribution < -0.4 is 10.6 Å². The molecule has 180 valence electrons. The molecule has 3 aromatic rings. The van der Waals surface area contributed by atoms with Crippen molar-refractivity contribution in [2.75, 3.05) is 10.6 Å². The van der Waals surface area contributed by atoms with Crippen molar-refractivity contribution in [2.24, 2.45) is 0 Å². The Morgan fingerprint density at radius 2 is 1.11 bits per heavy atom. The molecule has 0 saturated heterocycles. The Morgan fingerprint density at radius 1 is 0.686 bits per heavy atom. The van der Waals surface area contributed by atoms with E-state index in [0.717, 1.165) is 12.1 Å². The molecule has 1 aliphatic rings. The Hall–Kier alpha value is -4.01. The van der Waals surface area contributed by atoms with Gasteiger partial charge in [-0.05, 0) is 72.1 Å². The maximum atomic E-state index is 13.3. The van der Waals surface area contributed by atoms with E-state index in [0.29, 0.717) is 16.9 Å². The number of rotatable bonds is 5. The van der Waals surface area contributed by atoms with Crippen molar-refractivity contribution >= 4 is 22.9 Å². The number of nitrogens with one attached hydrogen (secondary N) is 2. The lowest BCUT2D eigenvalue weighted by molar-refractivity contribution is -0.137. The molecule has 0 unspecified atom stereocenters. The molecule has 9 heteroatoms. The zero-order valence-electron chi connectivity index (χ0n) is 18.1. The third-order valence-electron chi connectivity index (χ3n) is 5.61. The predicted octanol–water partition coefficient (Wildman–Crippen LogP) is 6.44. The van der Waals surface area contributed by atoms with Gasteiger partial charge in [0.05, 0.1) is 5.56 Å². The lowest BCUT2D eigenvalue weighted by Gasteiger charge is -2.25. The van der Waals surface area contributed by atoms with Crippen LogP contribution in [0.2, 0.25) is 0 Å². The molecule has 2 N–H and O–H groups in total. The number of Topliss-reactive ketones (excluding diaryl/α,β-unsaturated/α-hetero) is 2. The third kappa shape index (κ3) is 5.74. The van der Waals surface area contributed by atoms with Crippen molar-refractivity contribution in [3.63, 3.8) is 0 Å². The van der Waals surface area contributed by atoms with E-state index in [-0.39, 0.29) is 24.2 Å². The Kier molecular flexibility index (Phi) is 6.68. The van der Waals surface area contributed by atoms with E-state index in [4.69, 9.17) is 0 Å². The van der Waals surface area contributed by atoms with Gasteiger partial charge in [-0.3, -0.25) is 9.59 Å². The molecule has 0 aliphatic heterocycles. The second-order valence-electron chi connectivity index (χ2n) is 8.09. The summed E-state index contributed by atoms with van der Waals surface area (Å²) in [4.78, 5) is 26.2. The third-order valence-corrected chi connectivity index (χ3v) is 5.61. The van der Waals surface area contributed by atoms with Gasteiger partial charge in [0.25, 0.3) is 0 Å². The number of halogens is 5. The molecule has 0 atom stereocenters. The average molecular weight is 486 g/mol. The van der Waals surface area contributed by atoms with Crippen LogP contribution >= 0.6 is 0 Å². The van der Waals surface area contributed by atoms with E-state index in [1.807, 2.05) is 0 Å². The Labute approximate surface area is 197 Å². The van der Waals surface area contributed by atoms with Crippen molar-refractivity contribution in [2.45, 2.75) is 24.9 Å². The number of carbonyl (C=O) groups is 2. The molecule has 3 aromatic carbocycles. The number of ketones is 2. The number of hydrogen-bond donors (Lipinski definition) is 2. The van der Waals surface area contributed by atoms with E-state index in [2.05, 4.69) is 10.6 Å². The lowest BCUT2D eigenvalue weighted by Crippen LogP contribution is -2.29. The highest BCUT2D eigenvalue weighted by molar-refractivity contribution is 6.23. The number of alkyl halides is 3. The van der Waals surface area contributed by atoms with E-state index < -0.39 is 40.9 Å². The smallest absolute Gasteiger partial charge is 0.341 e. The molecule has 1 fully saturated rings. The lowest BCUT2D eigenvalue weighted by atomic mass is 9.79. The summed E-state index contributed by atoms with van der Waals surface area (Å²) in [6, 6.07) is 14.9. The summed E-state index contributed by atoms with van der Waals surface area (Å²) in [5.41, 5.74) is 0.285.